The predicted octanol–water partition coefficient (Wildman–Crippen LogP) is 5.96. The number of aliphatic hydroxyl groups excluding tert-OH is 1. The number of ether oxygens (including phenoxy) is 2. The molecule has 10 atom stereocenters. The largest absolute Gasteiger partial charge is 0.390 e. The molecular weight excluding hydrogens is 622 g/mol. The molecule has 1 aliphatic heterocycles. The van der Waals surface area contributed by atoms with E-state index in [-0.39, 0.29) is 35.8 Å². The van der Waals surface area contributed by atoms with Gasteiger partial charge >= 0.3 is 0 Å². The van der Waals surface area contributed by atoms with Gasteiger partial charge in [0.05, 0.1) is 12.2 Å². The first kappa shape index (κ1) is 31.8. The van der Waals surface area contributed by atoms with E-state index in [0.717, 1.165) is 36.6 Å². The molecule has 1 spiro atoms. The van der Waals surface area contributed by atoms with Crippen LogP contribution in [-0.4, -0.2) is 57.6 Å². The third kappa shape index (κ3) is 4.22. The van der Waals surface area contributed by atoms with Crippen LogP contribution in [0, 0.1) is 40.6 Å². The maximum atomic E-state index is 17.7. The Morgan fingerprint density at radius 2 is 1.85 bits per heavy atom. The van der Waals surface area contributed by atoms with E-state index < -0.39 is 64.4 Å². The molecule has 1 aromatic carbocycles. The molecule has 250 valence electrons. The number of aliphatic hydroxyl groups is 1. The molecule has 6 aliphatic carbocycles. The van der Waals surface area contributed by atoms with Crippen molar-refractivity contribution in [1.29, 1.82) is 0 Å². The topological polar surface area (TPSA) is 103 Å². The van der Waals surface area contributed by atoms with E-state index in [1.165, 1.54) is 36.6 Å². The summed E-state index contributed by atoms with van der Waals surface area (Å²) in [5, 5.41) is 11.4. The van der Waals surface area contributed by atoms with E-state index in [9.17, 15) is 14.7 Å². The summed E-state index contributed by atoms with van der Waals surface area (Å²) in [6, 6.07) is 8.48. The van der Waals surface area contributed by atoms with Crippen LogP contribution in [0.3, 0.4) is 0 Å². The molecule has 0 unspecified atom stereocenters. The molecular formula is C37H42F2N2O5S. The minimum absolute atomic E-state index is 0.0584. The van der Waals surface area contributed by atoms with Crippen molar-refractivity contribution in [3.8, 4) is 0 Å². The highest BCUT2D eigenvalue weighted by molar-refractivity contribution is 8.13. The molecule has 3 N–H and O–H groups in total. The van der Waals surface area contributed by atoms with Crippen molar-refractivity contribution in [3.63, 3.8) is 0 Å². The second-order valence-corrected chi connectivity index (χ2v) is 16.9. The molecule has 1 aromatic rings. The van der Waals surface area contributed by atoms with E-state index in [1.807, 2.05) is 19.1 Å². The summed E-state index contributed by atoms with van der Waals surface area (Å²) in [4.78, 5) is 29.8. The zero-order chi connectivity index (χ0) is 33.1. The molecule has 7 nitrogen and oxygen atoms in total. The fourth-order valence-electron chi connectivity index (χ4n) is 11.5. The van der Waals surface area contributed by atoms with E-state index in [2.05, 4.69) is 17.0 Å². The van der Waals surface area contributed by atoms with Crippen molar-refractivity contribution >= 4 is 22.7 Å². The van der Waals surface area contributed by atoms with E-state index in [4.69, 9.17) is 21.8 Å². The van der Waals surface area contributed by atoms with Gasteiger partial charge in [0.2, 0.25) is 5.12 Å². The van der Waals surface area contributed by atoms with Crippen LogP contribution in [-0.2, 0) is 25.5 Å². The minimum atomic E-state index is -2.27. The zero-order valence-electron chi connectivity index (χ0n) is 26.8. The van der Waals surface area contributed by atoms with Crippen LogP contribution in [0.2, 0.25) is 0 Å². The maximum Gasteiger partial charge on any atom is 0.267 e. The molecule has 47 heavy (non-hydrogen) atoms. The number of thioether (sulfide) groups is 1. The highest BCUT2D eigenvalue weighted by atomic mass is 32.2. The first-order chi connectivity index (χ1) is 22.3. The number of nitrogens with two attached hydrogens (primary N) is 1. The predicted molar refractivity (Wildman–Crippen MR) is 172 cm³/mol. The van der Waals surface area contributed by atoms with Gasteiger partial charge in [0, 0.05) is 40.1 Å². The standard InChI is InChI=1S/C37H42F2N2O5S/c1-33-9-8-24(42)11-27(33)28(38)12-26-25-13-30-37(32(44)47-19-41-3,34(25,2)18-29(43)36(26,33)39)46-31(45-30)22-6-4-20(5-7-22)10-21-14-35(15-21)16-23(40)17-35/h4-9,11,21,23,25-26,28-31,43H,10,12-19,40H2,1-2H3/t21?,23?,25-,26-,28-,29-,30+,31+,33-,34-,35?,36-,37-/m0/s1. The number of rotatable bonds is 5. The van der Waals surface area contributed by atoms with E-state index >= 15 is 8.78 Å². The van der Waals surface area contributed by atoms with Crippen molar-refractivity contribution in [2.45, 2.75) is 107 Å². The highest BCUT2D eigenvalue weighted by Gasteiger charge is 2.80. The van der Waals surface area contributed by atoms with Crippen LogP contribution in [0.5, 0.6) is 0 Å². The molecule has 7 aliphatic rings. The van der Waals surface area contributed by atoms with Gasteiger partial charge in [-0.1, -0.05) is 37.3 Å². The summed E-state index contributed by atoms with van der Waals surface area (Å²) in [6.45, 7) is 10.7. The molecule has 5 saturated carbocycles. The lowest BCUT2D eigenvalue weighted by molar-refractivity contribution is -0.232. The number of halogens is 2. The number of hydrogen-bond acceptors (Lipinski definition) is 7. The first-order valence-corrected chi connectivity index (χ1v) is 17.9. The Labute approximate surface area is 278 Å². The maximum absolute atomic E-state index is 17.7. The molecule has 10 heteroatoms. The van der Waals surface area contributed by atoms with Crippen molar-refractivity contribution in [1.82, 2.24) is 0 Å². The summed E-state index contributed by atoms with van der Waals surface area (Å²) in [7, 11) is 0. The number of benzene rings is 1. The van der Waals surface area contributed by atoms with Crippen LogP contribution in [0.1, 0.15) is 76.2 Å². The van der Waals surface area contributed by atoms with Crippen molar-refractivity contribution < 1.29 is 33.0 Å². The van der Waals surface area contributed by atoms with Gasteiger partial charge in [-0.05, 0) is 98.8 Å². The van der Waals surface area contributed by atoms with Crippen molar-refractivity contribution in [2.24, 2.45) is 39.7 Å². The average Bonchev–Trinajstić information content (AvgIpc) is 3.50. The molecule has 0 bridgehead atoms. The third-order valence-corrected chi connectivity index (χ3v) is 14.4. The Morgan fingerprint density at radius 1 is 1.13 bits per heavy atom. The van der Waals surface area contributed by atoms with Gasteiger partial charge in [-0.3, -0.25) is 9.59 Å². The molecule has 6 fully saturated rings. The smallest absolute Gasteiger partial charge is 0.267 e. The van der Waals surface area contributed by atoms with Crippen molar-refractivity contribution in [3.05, 3.63) is 70.6 Å². The summed E-state index contributed by atoms with van der Waals surface area (Å²) >= 11 is 0.852. The normalized spacial score (nSPS) is 49.1. The Hall–Kier alpha value is -2.42. The molecule has 1 saturated heterocycles. The highest BCUT2D eigenvalue weighted by Crippen LogP contribution is 2.73. The van der Waals surface area contributed by atoms with Gasteiger partial charge in [0.15, 0.2) is 23.3 Å². The lowest BCUT2D eigenvalue weighted by Crippen LogP contribution is -2.70. The zero-order valence-corrected chi connectivity index (χ0v) is 27.6. The molecule has 8 rings (SSSR count). The quantitative estimate of drug-likeness (QED) is 0.375. The van der Waals surface area contributed by atoms with Gasteiger partial charge in [0.1, 0.15) is 6.17 Å². The second kappa shape index (κ2) is 10.5. The van der Waals surface area contributed by atoms with Crippen LogP contribution < -0.4 is 5.73 Å². The van der Waals surface area contributed by atoms with E-state index in [0.29, 0.717) is 17.4 Å². The Balaban J connectivity index is 1.08. The lowest BCUT2D eigenvalue weighted by atomic mass is 9.44. The summed E-state index contributed by atoms with van der Waals surface area (Å²) in [5.74, 6) is -1.36. The van der Waals surface area contributed by atoms with Gasteiger partial charge in [-0.15, -0.1) is 0 Å². The van der Waals surface area contributed by atoms with Crippen LogP contribution >= 0.6 is 11.8 Å². The third-order valence-electron chi connectivity index (χ3n) is 13.5. The number of ketones is 1. The van der Waals surface area contributed by atoms with Gasteiger partial charge in [-0.25, -0.2) is 15.4 Å². The van der Waals surface area contributed by atoms with E-state index in [1.54, 1.807) is 6.92 Å². The minimum Gasteiger partial charge on any atom is -0.390 e. The average molecular weight is 665 g/mol. The molecule has 0 amide bonds. The van der Waals surface area contributed by atoms with Crippen LogP contribution in [0.25, 0.3) is 4.85 Å². The number of hydrogen-bond donors (Lipinski definition) is 2. The first-order valence-electron chi connectivity index (χ1n) is 16.9. The fraction of sp³-hybridized carbons (Fsp3) is 0.649. The summed E-state index contributed by atoms with van der Waals surface area (Å²) < 4.78 is 46.9. The van der Waals surface area contributed by atoms with Gasteiger partial charge in [0.25, 0.3) is 5.88 Å². The summed E-state index contributed by atoms with van der Waals surface area (Å²) in [5.41, 5.74) is 2.10. The van der Waals surface area contributed by atoms with Crippen LogP contribution in [0.15, 0.2) is 48.1 Å². The number of fused-ring (bicyclic) bond motifs is 7. The van der Waals surface area contributed by atoms with Crippen molar-refractivity contribution in [2.75, 3.05) is 5.88 Å². The molecule has 1 heterocycles. The van der Waals surface area contributed by atoms with Crippen LogP contribution in [0.4, 0.5) is 8.78 Å². The molecule has 0 radical (unpaired) electrons. The fourth-order valence-corrected chi connectivity index (χ4v) is 12.3. The lowest BCUT2D eigenvalue weighted by Gasteiger charge is -2.63. The van der Waals surface area contributed by atoms with Gasteiger partial charge < -0.3 is 25.2 Å². The van der Waals surface area contributed by atoms with Gasteiger partial charge in [-0.2, -0.15) is 0 Å². The summed E-state index contributed by atoms with van der Waals surface area (Å²) in [6.07, 6.45) is 4.72. The number of alkyl halides is 2. The molecule has 0 aromatic heterocycles. The second-order valence-electron chi connectivity index (χ2n) is 16.0. The monoisotopic (exact) mass is 664 g/mol. The number of carbonyl (C=O) groups is 2. The SMILES string of the molecule is [C-]#[N+]CSC(=O)[C@@]12O[C@H](c3ccc(CC4CC5(CC(N)C5)C4)cc3)O[C@@H]1C[C@H]1[C@@H]3C[C@H](F)C4=CC(=O)C=C[C@]4(C)[C@@]3(F)[C@@H](O)C[C@@]12C. The number of nitrogens with zero attached hydrogens (tertiary/aromatic N) is 1. The Bertz CT molecular complexity index is 1610. The number of carbonyl (C=O) groups excluding carboxylic acids is 2. The Morgan fingerprint density at radius 3 is 2.53 bits per heavy atom. The Kier molecular flexibility index (Phi) is 7.14. The number of allylic oxidation sites excluding steroid dienone is 4.